The Hall–Kier alpha value is -3.42. The Kier molecular flexibility index (Phi) is 3.34. The fraction of sp³-hybridized carbons (Fsp3) is 0.222. The zero-order valence-corrected chi connectivity index (χ0v) is 13.8. The maximum absolute atomic E-state index is 12.7. The van der Waals surface area contributed by atoms with Gasteiger partial charge in [-0.3, -0.25) is 9.89 Å². The molecule has 130 valence electrons. The van der Waals surface area contributed by atoms with Crippen LogP contribution in [0.4, 0.5) is 5.69 Å². The molecule has 0 fully saturated rings. The van der Waals surface area contributed by atoms with Crippen LogP contribution in [-0.4, -0.2) is 30.9 Å². The number of hydrogen-bond donors (Lipinski definition) is 2. The molecule has 0 saturated carbocycles. The molecule has 5 rings (SSSR count). The van der Waals surface area contributed by atoms with Crippen LogP contribution in [0.15, 0.2) is 47.5 Å². The van der Waals surface area contributed by atoms with Crippen LogP contribution in [0.3, 0.4) is 0 Å². The summed E-state index contributed by atoms with van der Waals surface area (Å²) in [6.07, 6.45) is 6.50. The smallest absolute Gasteiger partial charge is 0.229 e. The standard InChI is InChI=1S/C18H16N6O2/c25-18(11-1-4-16-22-19-10-24(16)8-11)20-13-2-3-15-14(7-13)17(23-21-15)12-5-6-26-9-12/h2-3,5-7,9-11H,1,4,8H2,(H,20,25)(H,21,23). The van der Waals surface area contributed by atoms with Crippen LogP contribution < -0.4 is 5.32 Å². The quantitative estimate of drug-likeness (QED) is 0.592. The Morgan fingerprint density at radius 1 is 1.35 bits per heavy atom. The Balaban J connectivity index is 1.39. The number of anilines is 1. The molecule has 1 unspecified atom stereocenters. The van der Waals surface area contributed by atoms with Gasteiger partial charge in [-0.1, -0.05) is 0 Å². The summed E-state index contributed by atoms with van der Waals surface area (Å²) in [6, 6.07) is 7.59. The van der Waals surface area contributed by atoms with E-state index >= 15 is 0 Å². The largest absolute Gasteiger partial charge is 0.472 e. The van der Waals surface area contributed by atoms with Crippen LogP contribution >= 0.6 is 0 Å². The minimum absolute atomic E-state index is 0.0112. The molecule has 0 spiro atoms. The van der Waals surface area contributed by atoms with E-state index in [0.29, 0.717) is 6.54 Å². The van der Waals surface area contributed by atoms with Gasteiger partial charge in [-0.2, -0.15) is 5.10 Å². The number of hydrogen-bond acceptors (Lipinski definition) is 5. The summed E-state index contributed by atoms with van der Waals surface area (Å²) >= 11 is 0. The van der Waals surface area contributed by atoms with Crippen molar-refractivity contribution in [1.82, 2.24) is 25.0 Å². The number of aromatic nitrogens is 5. The molecular formula is C18H16N6O2. The lowest BCUT2D eigenvalue weighted by Gasteiger charge is -2.22. The lowest BCUT2D eigenvalue weighted by atomic mass is 9.98. The Morgan fingerprint density at radius 2 is 2.31 bits per heavy atom. The summed E-state index contributed by atoms with van der Waals surface area (Å²) in [6.45, 7) is 0.613. The van der Waals surface area contributed by atoms with E-state index in [2.05, 4.69) is 25.7 Å². The minimum atomic E-state index is -0.0908. The molecule has 8 heteroatoms. The molecule has 4 heterocycles. The number of amides is 1. The van der Waals surface area contributed by atoms with Crippen molar-refractivity contribution in [2.24, 2.45) is 5.92 Å². The molecule has 1 aliphatic heterocycles. The second kappa shape index (κ2) is 5.83. The van der Waals surface area contributed by atoms with Gasteiger partial charge < -0.3 is 14.3 Å². The second-order valence-corrected chi connectivity index (χ2v) is 6.47. The number of carbonyl (C=O) groups excluding carboxylic acids is 1. The Morgan fingerprint density at radius 3 is 3.19 bits per heavy atom. The second-order valence-electron chi connectivity index (χ2n) is 6.47. The lowest BCUT2D eigenvalue weighted by molar-refractivity contribution is -0.120. The maximum atomic E-state index is 12.7. The fourth-order valence-electron chi connectivity index (χ4n) is 3.43. The highest BCUT2D eigenvalue weighted by Crippen LogP contribution is 2.29. The third-order valence-corrected chi connectivity index (χ3v) is 4.83. The molecule has 8 nitrogen and oxygen atoms in total. The molecule has 1 amide bonds. The van der Waals surface area contributed by atoms with E-state index < -0.39 is 0 Å². The molecular weight excluding hydrogens is 332 g/mol. The van der Waals surface area contributed by atoms with Crippen molar-refractivity contribution in [1.29, 1.82) is 0 Å². The van der Waals surface area contributed by atoms with Crippen molar-refractivity contribution in [2.45, 2.75) is 19.4 Å². The van der Waals surface area contributed by atoms with Gasteiger partial charge in [-0.05, 0) is 30.7 Å². The van der Waals surface area contributed by atoms with Crippen LogP contribution in [0.25, 0.3) is 22.2 Å². The van der Waals surface area contributed by atoms with E-state index in [1.807, 2.05) is 28.8 Å². The maximum Gasteiger partial charge on any atom is 0.229 e. The van der Waals surface area contributed by atoms with Crippen molar-refractivity contribution in [2.75, 3.05) is 5.32 Å². The molecule has 4 aromatic rings. The van der Waals surface area contributed by atoms with E-state index in [-0.39, 0.29) is 11.8 Å². The van der Waals surface area contributed by atoms with Gasteiger partial charge in [0.25, 0.3) is 0 Å². The predicted octanol–water partition coefficient (Wildman–Crippen LogP) is 2.62. The van der Waals surface area contributed by atoms with Crippen LogP contribution in [0.5, 0.6) is 0 Å². The van der Waals surface area contributed by atoms with Crippen LogP contribution in [0, 0.1) is 5.92 Å². The number of aryl methyl sites for hydroxylation is 1. The summed E-state index contributed by atoms with van der Waals surface area (Å²) in [5.41, 5.74) is 3.36. The number of rotatable bonds is 3. The number of fused-ring (bicyclic) bond motifs is 2. The first-order valence-corrected chi connectivity index (χ1v) is 8.46. The summed E-state index contributed by atoms with van der Waals surface area (Å²) in [5.74, 6) is 0.863. The first-order valence-electron chi connectivity index (χ1n) is 8.46. The van der Waals surface area contributed by atoms with Gasteiger partial charge in [0.1, 0.15) is 17.8 Å². The number of nitrogens with one attached hydrogen (secondary N) is 2. The molecule has 0 aliphatic carbocycles. The monoisotopic (exact) mass is 348 g/mol. The van der Waals surface area contributed by atoms with E-state index in [4.69, 9.17) is 4.42 Å². The molecule has 1 aromatic carbocycles. The van der Waals surface area contributed by atoms with Gasteiger partial charge >= 0.3 is 0 Å². The number of H-pyrrole nitrogens is 1. The average molecular weight is 348 g/mol. The third-order valence-electron chi connectivity index (χ3n) is 4.83. The van der Waals surface area contributed by atoms with Crippen molar-refractivity contribution in [3.8, 4) is 11.3 Å². The third kappa shape index (κ3) is 2.46. The molecule has 1 aliphatic rings. The van der Waals surface area contributed by atoms with E-state index in [1.165, 1.54) is 0 Å². The lowest BCUT2D eigenvalue weighted by Crippen LogP contribution is -2.31. The molecule has 26 heavy (non-hydrogen) atoms. The van der Waals surface area contributed by atoms with Gasteiger partial charge in [0.05, 0.1) is 24.0 Å². The normalized spacial score (nSPS) is 16.5. The Labute approximate surface area is 148 Å². The van der Waals surface area contributed by atoms with Crippen LogP contribution in [0.2, 0.25) is 0 Å². The summed E-state index contributed by atoms with van der Waals surface area (Å²) < 4.78 is 7.10. The summed E-state index contributed by atoms with van der Waals surface area (Å²) in [5, 5.41) is 19.3. The van der Waals surface area contributed by atoms with Crippen LogP contribution in [0.1, 0.15) is 12.2 Å². The van der Waals surface area contributed by atoms with Gasteiger partial charge in [-0.15, -0.1) is 10.2 Å². The number of aromatic amines is 1. The van der Waals surface area contributed by atoms with Gasteiger partial charge in [-0.25, -0.2) is 0 Å². The van der Waals surface area contributed by atoms with Gasteiger partial charge in [0.15, 0.2) is 0 Å². The van der Waals surface area contributed by atoms with Gasteiger partial charge in [0, 0.05) is 29.6 Å². The molecule has 3 aromatic heterocycles. The number of furan rings is 1. The van der Waals surface area contributed by atoms with Crippen LogP contribution in [-0.2, 0) is 17.8 Å². The van der Waals surface area contributed by atoms with Gasteiger partial charge in [0.2, 0.25) is 5.91 Å². The molecule has 2 N–H and O–H groups in total. The van der Waals surface area contributed by atoms with E-state index in [0.717, 1.165) is 46.5 Å². The zero-order valence-electron chi connectivity index (χ0n) is 13.8. The zero-order chi connectivity index (χ0) is 17.5. The molecule has 0 bridgehead atoms. The van der Waals surface area contributed by atoms with Crippen molar-refractivity contribution in [3.63, 3.8) is 0 Å². The summed E-state index contributed by atoms with van der Waals surface area (Å²) in [7, 11) is 0. The highest BCUT2D eigenvalue weighted by molar-refractivity contribution is 5.98. The topological polar surface area (TPSA) is 102 Å². The van der Waals surface area contributed by atoms with Crippen molar-refractivity contribution < 1.29 is 9.21 Å². The first kappa shape index (κ1) is 14.9. The van der Waals surface area contributed by atoms with Crippen molar-refractivity contribution in [3.05, 3.63) is 48.9 Å². The number of nitrogens with zero attached hydrogens (tertiary/aromatic N) is 4. The Bertz CT molecular complexity index is 1080. The highest BCUT2D eigenvalue weighted by Gasteiger charge is 2.25. The van der Waals surface area contributed by atoms with E-state index in [1.54, 1.807) is 18.9 Å². The number of benzene rings is 1. The van der Waals surface area contributed by atoms with Crippen molar-refractivity contribution >= 4 is 22.5 Å². The average Bonchev–Trinajstić information content (AvgIpc) is 3.40. The molecule has 1 atom stereocenters. The number of carbonyl (C=O) groups is 1. The highest BCUT2D eigenvalue weighted by atomic mass is 16.3. The molecule has 0 radical (unpaired) electrons. The minimum Gasteiger partial charge on any atom is -0.472 e. The first-order chi connectivity index (χ1) is 12.8. The SMILES string of the molecule is O=C(Nc1ccc2[nH]nc(-c3ccoc3)c2c1)C1CCc2nncn2C1. The summed E-state index contributed by atoms with van der Waals surface area (Å²) in [4.78, 5) is 12.7. The fourth-order valence-corrected chi connectivity index (χ4v) is 3.43. The van der Waals surface area contributed by atoms with E-state index in [9.17, 15) is 4.79 Å². The molecule has 0 saturated heterocycles. The predicted molar refractivity (Wildman–Crippen MR) is 94.3 cm³/mol.